The highest BCUT2D eigenvalue weighted by Gasteiger charge is 2.84. The molecule has 6 heteroatoms. The number of carbonyl (C=O) groups excluding carboxylic acids is 1. The molecule has 3 unspecified atom stereocenters. The van der Waals surface area contributed by atoms with E-state index in [0.717, 1.165) is 12.8 Å². The summed E-state index contributed by atoms with van der Waals surface area (Å²) in [5.41, 5.74) is -1.26. The van der Waals surface area contributed by atoms with Gasteiger partial charge in [-0.2, -0.15) is 0 Å². The van der Waals surface area contributed by atoms with Gasteiger partial charge >= 0.3 is 5.97 Å². The van der Waals surface area contributed by atoms with E-state index in [1.807, 2.05) is 22.9 Å². The van der Waals surface area contributed by atoms with E-state index < -0.39 is 11.6 Å². The molecule has 0 radical (unpaired) electrons. The lowest BCUT2D eigenvalue weighted by Gasteiger charge is -2.40. The van der Waals surface area contributed by atoms with Crippen LogP contribution in [-0.4, -0.2) is 29.4 Å². The minimum absolute atomic E-state index is 0.102. The first-order valence-electron chi connectivity index (χ1n) is 8.81. The van der Waals surface area contributed by atoms with Crippen molar-refractivity contribution in [2.75, 3.05) is 0 Å². The Hall–Kier alpha value is -1.21. The average molecular weight is 374 g/mol. The number of rotatable bonds is 4. The molecule has 2 aromatic heterocycles. The fourth-order valence-electron chi connectivity index (χ4n) is 5.41. The Labute approximate surface area is 153 Å². The van der Waals surface area contributed by atoms with Crippen LogP contribution in [0.3, 0.4) is 0 Å². The monoisotopic (exact) mass is 374 g/mol. The van der Waals surface area contributed by atoms with Crippen LogP contribution in [-0.2, 0) is 19.9 Å². The topological polar surface area (TPSA) is 59.1 Å². The van der Waals surface area contributed by atoms with Gasteiger partial charge in [-0.15, -0.1) is 22.7 Å². The highest BCUT2D eigenvalue weighted by molar-refractivity contribution is 7.12. The molecule has 3 heterocycles. The number of ether oxygens (including phenoxy) is 2. The molecule has 4 aliphatic rings. The number of epoxide rings is 1. The largest absolute Gasteiger partial charge is 0.460 e. The molecule has 0 bridgehead atoms. The van der Waals surface area contributed by atoms with Crippen LogP contribution in [0.5, 0.6) is 0 Å². The van der Waals surface area contributed by atoms with Gasteiger partial charge in [0, 0.05) is 5.41 Å². The number of fused-ring (bicyclic) bond motifs is 2. The Morgan fingerprint density at radius 1 is 1.24 bits per heavy atom. The molecule has 6 atom stereocenters. The summed E-state index contributed by atoms with van der Waals surface area (Å²) in [5, 5.41) is 15.1. The van der Waals surface area contributed by atoms with Gasteiger partial charge in [0.1, 0.15) is 6.10 Å². The molecule has 6 rings (SSSR count). The maximum absolute atomic E-state index is 13.1. The molecule has 1 saturated heterocycles. The highest BCUT2D eigenvalue weighted by atomic mass is 32.1. The number of thiophene rings is 2. The van der Waals surface area contributed by atoms with Crippen LogP contribution in [0.2, 0.25) is 0 Å². The molecule has 4 fully saturated rings. The zero-order chi connectivity index (χ0) is 16.8. The second-order valence-electron chi connectivity index (χ2n) is 7.80. The van der Waals surface area contributed by atoms with Crippen molar-refractivity contribution in [1.82, 2.24) is 0 Å². The van der Waals surface area contributed by atoms with Crippen LogP contribution < -0.4 is 0 Å². The molecule has 3 saturated carbocycles. The van der Waals surface area contributed by atoms with Crippen LogP contribution in [0.15, 0.2) is 35.0 Å². The molecule has 2 aromatic rings. The third-order valence-corrected chi connectivity index (χ3v) is 8.69. The normalized spacial score (nSPS) is 40.3. The Morgan fingerprint density at radius 3 is 2.60 bits per heavy atom. The fraction of sp³-hybridized carbons (Fsp3) is 0.526. The van der Waals surface area contributed by atoms with E-state index in [0.29, 0.717) is 39.2 Å². The van der Waals surface area contributed by atoms with Crippen molar-refractivity contribution >= 4 is 28.6 Å². The van der Waals surface area contributed by atoms with Gasteiger partial charge in [0.15, 0.2) is 0 Å². The van der Waals surface area contributed by atoms with Crippen LogP contribution >= 0.6 is 22.7 Å². The zero-order valence-electron chi connectivity index (χ0n) is 13.5. The summed E-state index contributed by atoms with van der Waals surface area (Å²) >= 11 is 2.76. The number of aliphatic hydroxyl groups is 1. The predicted octanol–water partition coefficient (Wildman–Crippen LogP) is 3.15. The lowest BCUT2D eigenvalue weighted by atomic mass is 9.63. The second-order valence-corrected chi connectivity index (χ2v) is 9.70. The first kappa shape index (κ1) is 14.9. The first-order chi connectivity index (χ1) is 12.1. The third-order valence-electron chi connectivity index (χ3n) is 6.73. The Bertz CT molecular complexity index is 795. The molecule has 130 valence electrons. The van der Waals surface area contributed by atoms with Crippen LogP contribution in [0.25, 0.3) is 0 Å². The molecule has 3 aliphatic carbocycles. The molecular formula is C19H18O4S2. The van der Waals surface area contributed by atoms with Gasteiger partial charge in [0.05, 0.1) is 22.0 Å². The quantitative estimate of drug-likeness (QED) is 0.660. The third kappa shape index (κ3) is 1.81. The molecule has 25 heavy (non-hydrogen) atoms. The number of carbonyl (C=O) groups is 1. The smallest absolute Gasteiger partial charge is 0.349 e. The van der Waals surface area contributed by atoms with Gasteiger partial charge in [0.2, 0.25) is 5.60 Å². The van der Waals surface area contributed by atoms with E-state index in [-0.39, 0.29) is 6.10 Å². The van der Waals surface area contributed by atoms with Crippen molar-refractivity contribution in [2.24, 2.45) is 17.3 Å². The molecule has 1 N–H and O–H groups in total. The molecule has 0 amide bonds. The summed E-state index contributed by atoms with van der Waals surface area (Å²) in [5.74, 6) is 0.665. The Morgan fingerprint density at radius 2 is 1.96 bits per heavy atom. The van der Waals surface area contributed by atoms with Gasteiger partial charge in [-0.05, 0) is 54.0 Å². The van der Waals surface area contributed by atoms with Crippen LogP contribution in [0.1, 0.15) is 29.0 Å². The summed E-state index contributed by atoms with van der Waals surface area (Å²) in [4.78, 5) is 14.3. The summed E-state index contributed by atoms with van der Waals surface area (Å²) in [6.07, 6.45) is 3.85. The summed E-state index contributed by atoms with van der Waals surface area (Å²) in [6.45, 7) is 0. The molecular weight excluding hydrogens is 356 g/mol. The van der Waals surface area contributed by atoms with E-state index in [1.54, 1.807) is 12.1 Å². The Balaban J connectivity index is 1.26. The number of hydrogen-bond donors (Lipinski definition) is 1. The lowest BCUT2D eigenvalue weighted by molar-refractivity contribution is -0.171. The van der Waals surface area contributed by atoms with Crippen LogP contribution in [0, 0.1) is 17.3 Å². The minimum atomic E-state index is -1.70. The standard InChI is InChI=1S/C19H18O4S2/c20-17(19(21,13-3-1-5-24-13)14-4-2-6-25-14)22-11-7-10-9-18(10)12(8-11)15-16(18)23-15/h1-6,10-12,15-16,21H,7-9H2/t10?,11-,12?,15+,16+,18?/m1/s1. The maximum Gasteiger partial charge on any atom is 0.349 e. The van der Waals surface area contributed by atoms with Gasteiger partial charge in [-0.3, -0.25) is 0 Å². The molecule has 1 spiro atoms. The van der Waals surface area contributed by atoms with E-state index in [4.69, 9.17) is 9.47 Å². The van der Waals surface area contributed by atoms with E-state index in [9.17, 15) is 9.90 Å². The molecule has 0 aromatic carbocycles. The highest BCUT2D eigenvalue weighted by Crippen LogP contribution is 2.80. The van der Waals surface area contributed by atoms with E-state index in [2.05, 4.69) is 0 Å². The fourth-order valence-corrected chi connectivity index (χ4v) is 7.12. The SMILES string of the molecule is O=C(O[C@@H]1CC2CC23C(C1)[C@@H]1O[C@@H]13)C(O)(c1cccs1)c1cccs1. The van der Waals surface area contributed by atoms with E-state index >= 15 is 0 Å². The maximum atomic E-state index is 13.1. The summed E-state index contributed by atoms with van der Waals surface area (Å²) < 4.78 is 11.7. The summed E-state index contributed by atoms with van der Waals surface area (Å²) in [7, 11) is 0. The average Bonchev–Trinajstić information content (AvgIpc) is 3.31. The van der Waals surface area contributed by atoms with Crippen molar-refractivity contribution in [3.8, 4) is 0 Å². The van der Waals surface area contributed by atoms with E-state index in [1.165, 1.54) is 29.1 Å². The van der Waals surface area contributed by atoms with Crippen molar-refractivity contribution < 1.29 is 19.4 Å². The first-order valence-corrected chi connectivity index (χ1v) is 10.6. The molecule has 4 nitrogen and oxygen atoms in total. The van der Waals surface area contributed by atoms with Gasteiger partial charge in [-0.25, -0.2) is 4.79 Å². The number of hydrogen-bond acceptors (Lipinski definition) is 6. The molecule has 1 aliphatic heterocycles. The minimum Gasteiger partial charge on any atom is -0.460 e. The van der Waals surface area contributed by atoms with Crippen molar-refractivity contribution in [1.29, 1.82) is 0 Å². The van der Waals surface area contributed by atoms with Crippen molar-refractivity contribution in [2.45, 2.75) is 43.2 Å². The second kappa shape index (κ2) is 4.74. The number of esters is 1. The van der Waals surface area contributed by atoms with Crippen LogP contribution in [0.4, 0.5) is 0 Å². The van der Waals surface area contributed by atoms with Gasteiger partial charge in [0.25, 0.3) is 0 Å². The zero-order valence-corrected chi connectivity index (χ0v) is 15.1. The Kier molecular flexibility index (Phi) is 2.83. The van der Waals surface area contributed by atoms with Crippen molar-refractivity contribution in [3.63, 3.8) is 0 Å². The van der Waals surface area contributed by atoms with Crippen molar-refractivity contribution in [3.05, 3.63) is 44.8 Å². The van der Waals surface area contributed by atoms with Gasteiger partial charge in [-0.1, -0.05) is 12.1 Å². The van der Waals surface area contributed by atoms with Gasteiger partial charge < -0.3 is 14.6 Å². The lowest BCUT2D eigenvalue weighted by Crippen LogP contribution is -2.47. The summed E-state index contributed by atoms with van der Waals surface area (Å²) in [6, 6.07) is 7.30. The predicted molar refractivity (Wildman–Crippen MR) is 93.4 cm³/mol.